The number of carboxylic acid groups (broad SMARTS) is 1. The lowest BCUT2D eigenvalue weighted by Crippen LogP contribution is -2.39. The highest BCUT2D eigenvalue weighted by Gasteiger charge is 2.32. The first-order valence-electron chi connectivity index (χ1n) is 10.00. The number of hydrogen-bond donors (Lipinski definition) is 1. The van der Waals surface area contributed by atoms with Gasteiger partial charge >= 0.3 is 12.3 Å². The summed E-state index contributed by atoms with van der Waals surface area (Å²) in [7, 11) is 0. The van der Waals surface area contributed by atoms with Gasteiger partial charge in [0, 0.05) is 24.2 Å². The number of likely N-dealkylation sites (tertiary alicyclic amines) is 1. The van der Waals surface area contributed by atoms with E-state index < -0.39 is 29.8 Å². The van der Waals surface area contributed by atoms with Crippen LogP contribution in [0.25, 0.3) is 5.57 Å². The molecule has 3 rings (SSSR count). The number of benzene rings is 2. The van der Waals surface area contributed by atoms with E-state index in [0.717, 1.165) is 13.0 Å². The maximum absolute atomic E-state index is 14.5. The number of halogens is 4. The Morgan fingerprint density at radius 1 is 1.13 bits per heavy atom. The molecule has 0 spiro atoms. The van der Waals surface area contributed by atoms with Crippen molar-refractivity contribution in [1.29, 1.82) is 0 Å². The fraction of sp³-hybridized carbons (Fsp3) is 0.348. The quantitative estimate of drug-likeness (QED) is 0.594. The van der Waals surface area contributed by atoms with Gasteiger partial charge in [-0.15, -0.1) is 13.2 Å². The smallest absolute Gasteiger partial charge is 0.481 e. The Morgan fingerprint density at radius 2 is 1.81 bits per heavy atom. The number of piperidine rings is 1. The average molecular weight is 437 g/mol. The number of para-hydroxylation sites is 1. The standard InChI is InChI=1S/C23H23F4NO3/c24-20-11-3-1-8-18(20)17(19-9-2-4-12-21(19)31-23(25,26)27)10-6-14-28-13-5-7-16(15-28)22(29)30/h1-4,8-12,16H,5-7,13-15H2,(H,29,30)/b17-10-/t16-/m1/s1. The normalized spacial score (nSPS) is 18.1. The van der Waals surface area contributed by atoms with Gasteiger partial charge in [-0.2, -0.15) is 0 Å². The fourth-order valence-electron chi connectivity index (χ4n) is 3.80. The Morgan fingerprint density at radius 3 is 2.48 bits per heavy atom. The molecule has 1 aliphatic rings. The third-order valence-corrected chi connectivity index (χ3v) is 5.22. The number of carbonyl (C=O) groups is 1. The van der Waals surface area contributed by atoms with Gasteiger partial charge in [0.2, 0.25) is 0 Å². The van der Waals surface area contributed by atoms with E-state index in [2.05, 4.69) is 4.74 Å². The summed E-state index contributed by atoms with van der Waals surface area (Å²) < 4.78 is 57.4. The summed E-state index contributed by atoms with van der Waals surface area (Å²) in [5.41, 5.74) is 0.597. The molecule has 2 aromatic carbocycles. The molecule has 1 heterocycles. The first-order chi connectivity index (χ1) is 14.7. The number of alkyl halides is 3. The zero-order valence-corrected chi connectivity index (χ0v) is 16.7. The molecule has 0 unspecified atom stereocenters. The third kappa shape index (κ3) is 6.30. The number of aliphatic carboxylic acids is 1. The van der Waals surface area contributed by atoms with Gasteiger partial charge in [0.15, 0.2) is 0 Å². The van der Waals surface area contributed by atoms with Crippen molar-refractivity contribution >= 4 is 11.5 Å². The van der Waals surface area contributed by atoms with E-state index in [1.165, 1.54) is 36.4 Å². The molecule has 0 amide bonds. The van der Waals surface area contributed by atoms with Crippen LogP contribution in [0.5, 0.6) is 5.75 Å². The van der Waals surface area contributed by atoms with Crippen LogP contribution in [-0.2, 0) is 4.79 Å². The van der Waals surface area contributed by atoms with Crippen LogP contribution in [0.4, 0.5) is 17.6 Å². The molecule has 1 atom stereocenters. The van der Waals surface area contributed by atoms with Gasteiger partial charge in [0.1, 0.15) is 11.6 Å². The van der Waals surface area contributed by atoms with Crippen molar-refractivity contribution in [1.82, 2.24) is 4.90 Å². The van der Waals surface area contributed by atoms with E-state index in [4.69, 9.17) is 0 Å². The monoisotopic (exact) mass is 437 g/mol. The maximum atomic E-state index is 14.5. The molecule has 4 nitrogen and oxygen atoms in total. The molecule has 166 valence electrons. The summed E-state index contributed by atoms with van der Waals surface area (Å²) >= 11 is 0. The second-order valence-electron chi connectivity index (χ2n) is 7.41. The van der Waals surface area contributed by atoms with Gasteiger partial charge in [-0.1, -0.05) is 42.5 Å². The lowest BCUT2D eigenvalue weighted by Gasteiger charge is -2.30. The number of ether oxygens (including phenoxy) is 1. The highest BCUT2D eigenvalue weighted by Crippen LogP contribution is 2.35. The van der Waals surface area contributed by atoms with Crippen LogP contribution >= 0.6 is 0 Å². The van der Waals surface area contributed by atoms with E-state index in [9.17, 15) is 27.5 Å². The molecule has 1 saturated heterocycles. The van der Waals surface area contributed by atoms with Crippen LogP contribution in [-0.4, -0.2) is 42.0 Å². The van der Waals surface area contributed by atoms with Gasteiger partial charge in [-0.25, -0.2) is 4.39 Å². The molecule has 31 heavy (non-hydrogen) atoms. The van der Waals surface area contributed by atoms with Crippen molar-refractivity contribution in [3.05, 3.63) is 71.6 Å². The minimum atomic E-state index is -4.88. The zero-order valence-electron chi connectivity index (χ0n) is 16.7. The van der Waals surface area contributed by atoms with Gasteiger partial charge in [0.25, 0.3) is 0 Å². The third-order valence-electron chi connectivity index (χ3n) is 5.22. The van der Waals surface area contributed by atoms with Crippen molar-refractivity contribution < 1.29 is 32.2 Å². The van der Waals surface area contributed by atoms with E-state index in [1.807, 2.05) is 4.90 Å². The number of hydrogen-bond acceptors (Lipinski definition) is 3. The van der Waals surface area contributed by atoms with Gasteiger partial charge in [-0.3, -0.25) is 4.79 Å². The molecule has 2 aromatic rings. The summed E-state index contributed by atoms with van der Waals surface area (Å²) in [5.74, 6) is -2.22. The summed E-state index contributed by atoms with van der Waals surface area (Å²) in [6, 6.07) is 11.5. The van der Waals surface area contributed by atoms with Crippen molar-refractivity contribution in [3.63, 3.8) is 0 Å². The average Bonchev–Trinajstić information content (AvgIpc) is 2.72. The second kappa shape index (κ2) is 9.96. The summed E-state index contributed by atoms with van der Waals surface area (Å²) in [6.45, 7) is 1.69. The number of carboxylic acids is 1. The van der Waals surface area contributed by atoms with Crippen molar-refractivity contribution in [2.75, 3.05) is 19.6 Å². The molecule has 8 heteroatoms. The Kier molecular flexibility index (Phi) is 7.33. The minimum Gasteiger partial charge on any atom is -0.481 e. The second-order valence-corrected chi connectivity index (χ2v) is 7.41. The van der Waals surface area contributed by atoms with Crippen LogP contribution in [0.2, 0.25) is 0 Å². The van der Waals surface area contributed by atoms with Crippen LogP contribution in [0.3, 0.4) is 0 Å². The Balaban J connectivity index is 1.88. The summed E-state index contributed by atoms with van der Waals surface area (Å²) in [6.07, 6.45) is -1.39. The minimum absolute atomic E-state index is 0.131. The fourth-order valence-corrected chi connectivity index (χ4v) is 3.80. The molecule has 1 N–H and O–H groups in total. The number of nitrogens with zero attached hydrogens (tertiary/aromatic N) is 1. The lowest BCUT2D eigenvalue weighted by molar-refractivity contribution is -0.274. The van der Waals surface area contributed by atoms with Crippen LogP contribution in [0.15, 0.2) is 54.6 Å². The van der Waals surface area contributed by atoms with Crippen molar-refractivity contribution in [3.8, 4) is 5.75 Å². The van der Waals surface area contributed by atoms with Crippen molar-refractivity contribution in [2.24, 2.45) is 5.92 Å². The Bertz CT molecular complexity index is 942. The summed E-state index contributed by atoms with van der Waals surface area (Å²) in [4.78, 5) is 13.3. The molecule has 0 radical (unpaired) electrons. The zero-order chi connectivity index (χ0) is 22.4. The highest BCUT2D eigenvalue weighted by atomic mass is 19.4. The maximum Gasteiger partial charge on any atom is 0.573 e. The van der Waals surface area contributed by atoms with E-state index in [0.29, 0.717) is 31.5 Å². The first-order valence-corrected chi connectivity index (χ1v) is 10.00. The molecule has 0 aromatic heterocycles. The first kappa shape index (κ1) is 22.8. The molecular formula is C23H23F4NO3. The van der Waals surface area contributed by atoms with Crippen LogP contribution in [0.1, 0.15) is 30.4 Å². The largest absolute Gasteiger partial charge is 0.573 e. The molecule has 0 aliphatic carbocycles. The highest BCUT2D eigenvalue weighted by molar-refractivity contribution is 5.83. The molecule has 0 saturated carbocycles. The Labute approximate surface area is 177 Å². The molecular weight excluding hydrogens is 414 g/mol. The van der Waals surface area contributed by atoms with E-state index in [1.54, 1.807) is 18.2 Å². The Hall–Kier alpha value is -2.87. The molecule has 0 bridgehead atoms. The summed E-state index contributed by atoms with van der Waals surface area (Å²) in [5, 5.41) is 9.23. The van der Waals surface area contributed by atoms with E-state index in [-0.39, 0.29) is 11.1 Å². The molecule has 1 aliphatic heterocycles. The van der Waals surface area contributed by atoms with Crippen LogP contribution < -0.4 is 4.74 Å². The molecule has 1 fully saturated rings. The lowest BCUT2D eigenvalue weighted by atomic mass is 9.95. The topological polar surface area (TPSA) is 49.8 Å². The van der Waals surface area contributed by atoms with E-state index >= 15 is 0 Å². The predicted octanol–water partition coefficient (Wildman–Crippen LogP) is 5.34. The van der Waals surface area contributed by atoms with Gasteiger partial charge in [-0.05, 0) is 43.5 Å². The van der Waals surface area contributed by atoms with Crippen molar-refractivity contribution in [2.45, 2.75) is 25.6 Å². The SMILES string of the molecule is O=C(O)[C@@H]1CCCN(CC/C=C(/c2ccccc2F)c2ccccc2OC(F)(F)F)C1. The van der Waals surface area contributed by atoms with Crippen LogP contribution in [0, 0.1) is 11.7 Å². The predicted molar refractivity (Wildman–Crippen MR) is 108 cm³/mol. The van der Waals surface area contributed by atoms with Gasteiger partial charge < -0.3 is 14.7 Å². The number of rotatable bonds is 7. The van der Waals surface area contributed by atoms with Gasteiger partial charge in [0.05, 0.1) is 5.92 Å².